The maximum absolute atomic E-state index is 13.4. The second-order valence-electron chi connectivity index (χ2n) is 9.26. The third-order valence-electron chi connectivity index (χ3n) is 6.12. The van der Waals surface area contributed by atoms with E-state index in [1.54, 1.807) is 4.90 Å². The smallest absolute Gasteiger partial charge is 0.254 e. The highest BCUT2D eigenvalue weighted by Crippen LogP contribution is 2.19. The third-order valence-corrected chi connectivity index (χ3v) is 6.49. The SMILES string of the molecule is CCc1ccc(C(=O)N(CC)CC(=O)N(Cc2cccn2Cc2ccccc2Cl)CC(C)C)cc1. The first kappa shape index (κ1) is 26.6. The minimum Gasteiger partial charge on any atom is -0.345 e. The number of amides is 2. The average molecular weight is 494 g/mol. The number of rotatable bonds is 11. The summed E-state index contributed by atoms with van der Waals surface area (Å²) < 4.78 is 2.12. The summed E-state index contributed by atoms with van der Waals surface area (Å²) in [6.45, 7) is 10.5. The molecule has 35 heavy (non-hydrogen) atoms. The second-order valence-corrected chi connectivity index (χ2v) is 9.66. The Balaban J connectivity index is 1.74. The van der Waals surface area contributed by atoms with Gasteiger partial charge in [-0.3, -0.25) is 9.59 Å². The molecule has 0 spiro atoms. The number of hydrogen-bond donors (Lipinski definition) is 0. The molecule has 1 aromatic heterocycles. The van der Waals surface area contributed by atoms with Crippen molar-refractivity contribution in [1.29, 1.82) is 0 Å². The van der Waals surface area contributed by atoms with Crippen LogP contribution in [0.3, 0.4) is 0 Å². The lowest BCUT2D eigenvalue weighted by atomic mass is 10.1. The van der Waals surface area contributed by atoms with Gasteiger partial charge >= 0.3 is 0 Å². The van der Waals surface area contributed by atoms with E-state index in [-0.39, 0.29) is 18.4 Å². The summed E-state index contributed by atoms with van der Waals surface area (Å²) in [5, 5.41) is 0.728. The van der Waals surface area contributed by atoms with Gasteiger partial charge in [0.1, 0.15) is 6.54 Å². The zero-order chi connectivity index (χ0) is 25.4. The Hall–Kier alpha value is -3.05. The first-order valence-corrected chi connectivity index (χ1v) is 12.7. The van der Waals surface area contributed by atoms with Crippen LogP contribution in [0.15, 0.2) is 66.9 Å². The average Bonchev–Trinajstić information content (AvgIpc) is 3.29. The van der Waals surface area contributed by atoms with Gasteiger partial charge in [-0.15, -0.1) is 0 Å². The molecule has 0 aliphatic heterocycles. The molecule has 2 amide bonds. The highest BCUT2D eigenvalue weighted by Gasteiger charge is 2.23. The van der Waals surface area contributed by atoms with E-state index in [2.05, 4.69) is 25.3 Å². The molecule has 0 radical (unpaired) electrons. The van der Waals surface area contributed by atoms with E-state index in [1.807, 2.05) is 78.7 Å². The van der Waals surface area contributed by atoms with Gasteiger partial charge in [0.05, 0.1) is 6.54 Å². The zero-order valence-corrected chi connectivity index (χ0v) is 22.0. The van der Waals surface area contributed by atoms with E-state index >= 15 is 0 Å². The van der Waals surface area contributed by atoms with Gasteiger partial charge in [-0.05, 0) is 60.7 Å². The highest BCUT2D eigenvalue weighted by atomic mass is 35.5. The van der Waals surface area contributed by atoms with E-state index < -0.39 is 0 Å². The van der Waals surface area contributed by atoms with Crippen LogP contribution in [0.1, 0.15) is 54.9 Å². The Morgan fingerprint density at radius 3 is 2.29 bits per heavy atom. The fraction of sp³-hybridized carbons (Fsp3) is 0.379. The van der Waals surface area contributed by atoms with E-state index in [0.717, 1.165) is 22.7 Å². The standard InChI is InChI=1S/C29H36ClN3O2/c1-5-23-13-15-24(16-14-23)29(35)31(6-2)21-28(34)33(18-22(3)4)20-26-11-9-17-32(26)19-25-10-7-8-12-27(25)30/h7-17,22H,5-6,18-21H2,1-4H3. The van der Waals surface area contributed by atoms with Crippen molar-refractivity contribution >= 4 is 23.4 Å². The first-order valence-electron chi connectivity index (χ1n) is 12.4. The number of aryl methyl sites for hydroxylation is 1. The number of nitrogens with zero attached hydrogens (tertiary/aromatic N) is 3. The predicted molar refractivity (Wildman–Crippen MR) is 143 cm³/mol. The molecule has 3 rings (SSSR count). The maximum atomic E-state index is 13.4. The first-order chi connectivity index (χ1) is 16.8. The number of hydrogen-bond acceptors (Lipinski definition) is 2. The molecule has 0 fully saturated rings. The Morgan fingerprint density at radius 2 is 1.66 bits per heavy atom. The van der Waals surface area contributed by atoms with Crippen LogP contribution < -0.4 is 0 Å². The summed E-state index contributed by atoms with van der Waals surface area (Å²) in [5.41, 5.74) is 3.86. The molecule has 0 saturated heterocycles. The van der Waals surface area contributed by atoms with Crippen LogP contribution in [0, 0.1) is 5.92 Å². The van der Waals surface area contributed by atoms with E-state index in [0.29, 0.717) is 37.7 Å². The molecule has 5 nitrogen and oxygen atoms in total. The third kappa shape index (κ3) is 7.22. The van der Waals surface area contributed by atoms with Gasteiger partial charge in [0.25, 0.3) is 5.91 Å². The molecule has 0 aliphatic carbocycles. The highest BCUT2D eigenvalue weighted by molar-refractivity contribution is 6.31. The molecule has 0 N–H and O–H groups in total. The molecule has 0 atom stereocenters. The van der Waals surface area contributed by atoms with Crippen LogP contribution >= 0.6 is 11.6 Å². The van der Waals surface area contributed by atoms with E-state index in [9.17, 15) is 9.59 Å². The van der Waals surface area contributed by atoms with E-state index in [1.165, 1.54) is 5.56 Å². The largest absolute Gasteiger partial charge is 0.345 e. The van der Waals surface area contributed by atoms with Crippen LogP contribution in [0.5, 0.6) is 0 Å². The van der Waals surface area contributed by atoms with Crippen molar-refractivity contribution in [3.63, 3.8) is 0 Å². The summed E-state index contributed by atoms with van der Waals surface area (Å²) >= 11 is 6.37. The van der Waals surface area contributed by atoms with E-state index in [4.69, 9.17) is 11.6 Å². The molecule has 2 aromatic carbocycles. The quantitative estimate of drug-likeness (QED) is 0.334. The molecule has 0 unspecified atom stereocenters. The molecular formula is C29H36ClN3O2. The molecule has 3 aromatic rings. The Bertz CT molecular complexity index is 1120. The number of benzene rings is 2. The molecular weight excluding hydrogens is 458 g/mol. The van der Waals surface area contributed by atoms with Gasteiger partial charge in [0.15, 0.2) is 0 Å². The normalized spacial score (nSPS) is 11.0. The molecule has 186 valence electrons. The number of aromatic nitrogens is 1. The number of halogens is 1. The second kappa shape index (κ2) is 12.6. The summed E-state index contributed by atoms with van der Waals surface area (Å²) in [4.78, 5) is 30.0. The topological polar surface area (TPSA) is 45.6 Å². The lowest BCUT2D eigenvalue weighted by Gasteiger charge is -2.29. The Kier molecular flexibility index (Phi) is 9.55. The van der Waals surface area contributed by atoms with Gasteiger partial charge in [-0.2, -0.15) is 0 Å². The van der Waals surface area contributed by atoms with Crippen LogP contribution in [-0.4, -0.2) is 45.8 Å². The lowest BCUT2D eigenvalue weighted by molar-refractivity contribution is -0.133. The molecule has 0 saturated carbocycles. The van der Waals surface area contributed by atoms with Crippen molar-refractivity contribution in [3.05, 3.63) is 94.3 Å². The minimum atomic E-state index is -0.116. The van der Waals surface area contributed by atoms with Crippen LogP contribution in [-0.2, 0) is 24.3 Å². The summed E-state index contributed by atoms with van der Waals surface area (Å²) in [6, 6.07) is 19.5. The molecule has 0 bridgehead atoms. The van der Waals surface area contributed by atoms with Crippen molar-refractivity contribution < 1.29 is 9.59 Å². The Labute approximate surface area is 214 Å². The summed E-state index contributed by atoms with van der Waals surface area (Å²) in [7, 11) is 0. The Morgan fingerprint density at radius 1 is 0.943 bits per heavy atom. The minimum absolute atomic E-state index is 0.0513. The van der Waals surface area contributed by atoms with Crippen molar-refractivity contribution in [2.75, 3.05) is 19.6 Å². The monoisotopic (exact) mass is 493 g/mol. The van der Waals surface area contributed by atoms with Gasteiger partial charge < -0.3 is 14.4 Å². The number of carbonyl (C=O) groups is 2. The lowest BCUT2D eigenvalue weighted by Crippen LogP contribution is -2.44. The van der Waals surface area contributed by atoms with Crippen molar-refractivity contribution in [3.8, 4) is 0 Å². The molecule has 1 heterocycles. The molecule has 6 heteroatoms. The maximum Gasteiger partial charge on any atom is 0.254 e. The van der Waals surface area contributed by atoms with Crippen LogP contribution in [0.25, 0.3) is 0 Å². The van der Waals surface area contributed by atoms with Crippen molar-refractivity contribution in [1.82, 2.24) is 14.4 Å². The molecule has 0 aliphatic rings. The summed E-state index contributed by atoms with van der Waals surface area (Å²) in [5.74, 6) is 0.137. The van der Waals surface area contributed by atoms with Crippen molar-refractivity contribution in [2.24, 2.45) is 5.92 Å². The van der Waals surface area contributed by atoms with Crippen LogP contribution in [0.4, 0.5) is 0 Å². The fourth-order valence-corrected chi connectivity index (χ4v) is 4.30. The fourth-order valence-electron chi connectivity index (χ4n) is 4.10. The summed E-state index contributed by atoms with van der Waals surface area (Å²) in [6.07, 6.45) is 2.94. The van der Waals surface area contributed by atoms with Gasteiger partial charge in [0.2, 0.25) is 5.91 Å². The number of likely N-dealkylation sites (N-methyl/N-ethyl adjacent to an activating group) is 1. The van der Waals surface area contributed by atoms with Crippen molar-refractivity contribution in [2.45, 2.75) is 47.2 Å². The van der Waals surface area contributed by atoms with Gasteiger partial charge in [0, 0.05) is 42.1 Å². The van der Waals surface area contributed by atoms with Crippen LogP contribution in [0.2, 0.25) is 5.02 Å². The van der Waals surface area contributed by atoms with Gasteiger partial charge in [-0.1, -0.05) is 62.7 Å². The van der Waals surface area contributed by atoms with Gasteiger partial charge in [-0.25, -0.2) is 0 Å². The zero-order valence-electron chi connectivity index (χ0n) is 21.2. The number of carbonyl (C=O) groups excluding carboxylic acids is 2. The predicted octanol–water partition coefficient (Wildman–Crippen LogP) is 5.90.